The first kappa shape index (κ1) is 13.7. The number of benzene rings is 1. The van der Waals surface area contributed by atoms with Crippen LogP contribution >= 0.6 is 0 Å². The van der Waals surface area contributed by atoms with E-state index in [4.69, 9.17) is 15.2 Å². The molecule has 4 nitrogen and oxygen atoms in total. The summed E-state index contributed by atoms with van der Waals surface area (Å²) in [6.07, 6.45) is 0.787. The van der Waals surface area contributed by atoms with Crippen LogP contribution in [0.3, 0.4) is 0 Å². The molecule has 0 fully saturated rings. The summed E-state index contributed by atoms with van der Waals surface area (Å²) in [6, 6.07) is 9.05. The number of nitrogens with two attached hydrogens (primary N) is 1. The standard InChI is InChI=1S/C13H19NO3/c1-3-10-17-13(12(14)15,16-4-2)11-8-6-5-7-9-11/h5-9H,3-4,10H2,1-2H3,(H2,14,15). The summed E-state index contributed by atoms with van der Waals surface area (Å²) in [4.78, 5) is 11.7. The number of hydrogen-bond donors (Lipinski definition) is 1. The third kappa shape index (κ3) is 3.05. The Morgan fingerprint density at radius 3 is 2.35 bits per heavy atom. The summed E-state index contributed by atoms with van der Waals surface area (Å²) in [7, 11) is 0. The van der Waals surface area contributed by atoms with Crippen molar-refractivity contribution in [3.05, 3.63) is 35.9 Å². The molecule has 0 spiro atoms. The van der Waals surface area contributed by atoms with E-state index >= 15 is 0 Å². The highest BCUT2D eigenvalue weighted by Crippen LogP contribution is 2.27. The van der Waals surface area contributed by atoms with Gasteiger partial charge in [-0.05, 0) is 13.3 Å². The highest BCUT2D eigenvalue weighted by atomic mass is 16.7. The molecule has 0 aliphatic heterocycles. The predicted molar refractivity (Wildman–Crippen MR) is 65.2 cm³/mol. The molecule has 0 saturated carbocycles. The molecule has 1 aromatic rings. The van der Waals surface area contributed by atoms with Gasteiger partial charge < -0.3 is 15.2 Å². The SMILES string of the molecule is CCCOC(OCC)(C(N)=O)c1ccccc1. The van der Waals surface area contributed by atoms with Gasteiger partial charge in [-0.15, -0.1) is 0 Å². The van der Waals surface area contributed by atoms with Crippen LogP contribution in [0.4, 0.5) is 0 Å². The van der Waals surface area contributed by atoms with Gasteiger partial charge in [-0.1, -0.05) is 37.3 Å². The number of amides is 1. The molecule has 0 bridgehead atoms. The Morgan fingerprint density at radius 1 is 1.24 bits per heavy atom. The number of rotatable bonds is 7. The lowest BCUT2D eigenvalue weighted by atomic mass is 10.1. The number of hydrogen-bond acceptors (Lipinski definition) is 3. The van der Waals surface area contributed by atoms with Crippen LogP contribution in [0.15, 0.2) is 30.3 Å². The fraction of sp³-hybridized carbons (Fsp3) is 0.462. The molecular weight excluding hydrogens is 218 g/mol. The zero-order valence-electron chi connectivity index (χ0n) is 10.3. The van der Waals surface area contributed by atoms with Gasteiger partial charge in [0, 0.05) is 12.2 Å². The van der Waals surface area contributed by atoms with E-state index in [1.807, 2.05) is 25.1 Å². The summed E-state index contributed by atoms with van der Waals surface area (Å²) in [6.45, 7) is 4.53. The van der Waals surface area contributed by atoms with Crippen molar-refractivity contribution in [2.75, 3.05) is 13.2 Å². The lowest BCUT2D eigenvalue weighted by Crippen LogP contribution is -2.46. The quantitative estimate of drug-likeness (QED) is 0.735. The lowest BCUT2D eigenvalue weighted by molar-refractivity contribution is -0.234. The van der Waals surface area contributed by atoms with Gasteiger partial charge in [0.2, 0.25) is 0 Å². The second-order valence-electron chi connectivity index (χ2n) is 3.63. The van der Waals surface area contributed by atoms with E-state index < -0.39 is 11.7 Å². The predicted octanol–water partition coefficient (Wildman–Crippen LogP) is 1.79. The molecule has 0 radical (unpaired) electrons. The van der Waals surface area contributed by atoms with E-state index in [9.17, 15) is 4.79 Å². The maximum absolute atomic E-state index is 11.7. The molecule has 0 heterocycles. The first-order valence-electron chi connectivity index (χ1n) is 5.80. The Hall–Kier alpha value is -1.39. The average Bonchev–Trinajstić information content (AvgIpc) is 2.35. The number of primary amides is 1. The Kier molecular flexibility index (Phi) is 5.12. The van der Waals surface area contributed by atoms with E-state index in [1.165, 1.54) is 0 Å². The monoisotopic (exact) mass is 237 g/mol. The Balaban J connectivity index is 3.10. The van der Waals surface area contributed by atoms with Crippen LogP contribution < -0.4 is 5.73 Å². The first-order valence-corrected chi connectivity index (χ1v) is 5.80. The second kappa shape index (κ2) is 6.37. The maximum atomic E-state index is 11.7. The molecule has 1 rings (SSSR count). The average molecular weight is 237 g/mol. The molecular formula is C13H19NO3. The maximum Gasteiger partial charge on any atom is 0.282 e. The van der Waals surface area contributed by atoms with Gasteiger partial charge >= 0.3 is 0 Å². The van der Waals surface area contributed by atoms with Crippen molar-refractivity contribution in [2.45, 2.75) is 26.1 Å². The molecule has 0 aromatic heterocycles. The summed E-state index contributed by atoms with van der Waals surface area (Å²) in [5, 5.41) is 0. The van der Waals surface area contributed by atoms with Crippen LogP contribution in [-0.4, -0.2) is 19.1 Å². The fourth-order valence-electron chi connectivity index (χ4n) is 1.60. The van der Waals surface area contributed by atoms with Gasteiger partial charge in [0.05, 0.1) is 6.61 Å². The summed E-state index contributed by atoms with van der Waals surface area (Å²) < 4.78 is 11.1. The van der Waals surface area contributed by atoms with Crippen molar-refractivity contribution in [1.82, 2.24) is 0 Å². The topological polar surface area (TPSA) is 61.6 Å². The van der Waals surface area contributed by atoms with Gasteiger partial charge in [0.25, 0.3) is 11.7 Å². The minimum Gasteiger partial charge on any atom is -0.365 e. The van der Waals surface area contributed by atoms with E-state index in [0.29, 0.717) is 18.8 Å². The molecule has 0 aliphatic rings. The lowest BCUT2D eigenvalue weighted by Gasteiger charge is -2.30. The zero-order chi connectivity index (χ0) is 12.7. The number of carbonyl (C=O) groups excluding carboxylic acids is 1. The Labute approximate surface area is 102 Å². The van der Waals surface area contributed by atoms with Crippen molar-refractivity contribution >= 4 is 5.91 Å². The van der Waals surface area contributed by atoms with Crippen molar-refractivity contribution in [2.24, 2.45) is 5.73 Å². The minimum absolute atomic E-state index is 0.349. The Bertz CT molecular complexity index is 353. The second-order valence-corrected chi connectivity index (χ2v) is 3.63. The molecule has 1 amide bonds. The van der Waals surface area contributed by atoms with E-state index in [2.05, 4.69) is 0 Å². The van der Waals surface area contributed by atoms with Crippen LogP contribution in [0, 0.1) is 0 Å². The first-order chi connectivity index (χ1) is 8.17. The van der Waals surface area contributed by atoms with Gasteiger partial charge in [0.1, 0.15) is 0 Å². The third-order valence-corrected chi connectivity index (χ3v) is 2.34. The minimum atomic E-state index is -1.47. The molecule has 17 heavy (non-hydrogen) atoms. The van der Waals surface area contributed by atoms with E-state index in [1.54, 1.807) is 19.1 Å². The van der Waals surface area contributed by atoms with Crippen molar-refractivity contribution < 1.29 is 14.3 Å². The molecule has 0 aliphatic carbocycles. The largest absolute Gasteiger partial charge is 0.365 e. The number of ether oxygens (including phenoxy) is 2. The summed E-state index contributed by atoms with van der Waals surface area (Å²) in [5.41, 5.74) is 6.07. The smallest absolute Gasteiger partial charge is 0.282 e. The highest BCUT2D eigenvalue weighted by molar-refractivity contribution is 5.83. The molecule has 1 unspecified atom stereocenters. The summed E-state index contributed by atoms with van der Waals surface area (Å²) in [5.74, 6) is -2.09. The molecule has 4 heteroatoms. The van der Waals surface area contributed by atoms with Crippen molar-refractivity contribution in [1.29, 1.82) is 0 Å². The van der Waals surface area contributed by atoms with Gasteiger partial charge in [-0.3, -0.25) is 4.79 Å². The molecule has 0 saturated heterocycles. The van der Waals surface area contributed by atoms with Crippen LogP contribution in [0.25, 0.3) is 0 Å². The molecule has 1 atom stereocenters. The molecule has 94 valence electrons. The number of carbonyl (C=O) groups is 1. The van der Waals surface area contributed by atoms with Gasteiger partial charge in [0.15, 0.2) is 0 Å². The molecule has 2 N–H and O–H groups in total. The fourth-order valence-corrected chi connectivity index (χ4v) is 1.60. The van der Waals surface area contributed by atoms with Gasteiger partial charge in [-0.25, -0.2) is 0 Å². The third-order valence-electron chi connectivity index (χ3n) is 2.34. The van der Waals surface area contributed by atoms with Gasteiger partial charge in [-0.2, -0.15) is 0 Å². The highest BCUT2D eigenvalue weighted by Gasteiger charge is 2.40. The van der Waals surface area contributed by atoms with Crippen LogP contribution in [0.5, 0.6) is 0 Å². The van der Waals surface area contributed by atoms with Crippen LogP contribution in [0.1, 0.15) is 25.8 Å². The van der Waals surface area contributed by atoms with E-state index in [0.717, 1.165) is 6.42 Å². The Morgan fingerprint density at radius 2 is 1.88 bits per heavy atom. The van der Waals surface area contributed by atoms with Crippen molar-refractivity contribution in [3.63, 3.8) is 0 Å². The van der Waals surface area contributed by atoms with E-state index in [-0.39, 0.29) is 0 Å². The van der Waals surface area contributed by atoms with Crippen LogP contribution in [-0.2, 0) is 20.1 Å². The summed E-state index contributed by atoms with van der Waals surface area (Å²) >= 11 is 0. The van der Waals surface area contributed by atoms with Crippen molar-refractivity contribution in [3.8, 4) is 0 Å². The normalized spacial score (nSPS) is 14.2. The zero-order valence-corrected chi connectivity index (χ0v) is 10.3. The van der Waals surface area contributed by atoms with Crippen LogP contribution in [0.2, 0.25) is 0 Å². The molecule has 1 aromatic carbocycles.